The van der Waals surface area contributed by atoms with Crippen LogP contribution in [0.15, 0.2) is 23.6 Å². The second-order valence-corrected chi connectivity index (χ2v) is 8.30. The molecule has 2 aromatic rings. The van der Waals surface area contributed by atoms with Crippen LogP contribution in [0.5, 0.6) is 0 Å². The van der Waals surface area contributed by atoms with E-state index < -0.39 is 0 Å². The van der Waals surface area contributed by atoms with Gasteiger partial charge in [-0.25, -0.2) is 0 Å². The number of likely N-dealkylation sites (tertiary alicyclic amines) is 1. The number of rotatable bonds is 6. The van der Waals surface area contributed by atoms with Crippen molar-refractivity contribution in [3.8, 4) is 0 Å². The zero-order valence-electron chi connectivity index (χ0n) is 14.3. The fourth-order valence-corrected chi connectivity index (χ4v) is 5.15. The molecule has 0 aliphatic carbocycles. The Kier molecular flexibility index (Phi) is 5.88. The maximum Gasteiger partial charge on any atom is 0.261 e. The molecule has 1 aliphatic rings. The predicted octanol–water partition coefficient (Wildman–Crippen LogP) is 2.71. The molecule has 0 bridgehead atoms. The normalized spacial score (nSPS) is 17.0. The number of nitrogens with zero attached hydrogens (tertiary/aromatic N) is 1. The van der Waals surface area contributed by atoms with Gasteiger partial charge in [0.1, 0.15) is 0 Å². The fraction of sp³-hybridized carbons (Fsp3) is 0.444. The van der Waals surface area contributed by atoms with Crippen LogP contribution < -0.4 is 11.1 Å². The molecule has 1 atom stereocenters. The van der Waals surface area contributed by atoms with Crippen molar-refractivity contribution in [2.24, 2.45) is 5.73 Å². The minimum atomic E-state index is -0.0415. The van der Waals surface area contributed by atoms with E-state index in [-0.39, 0.29) is 24.4 Å². The highest BCUT2D eigenvalue weighted by Crippen LogP contribution is 2.35. The van der Waals surface area contributed by atoms with E-state index in [4.69, 9.17) is 5.73 Å². The van der Waals surface area contributed by atoms with Gasteiger partial charge in [0.25, 0.3) is 5.91 Å². The molecular formula is C18H23N3O2S2. The zero-order chi connectivity index (χ0) is 17.8. The third-order valence-electron chi connectivity index (χ3n) is 4.53. The molecule has 25 heavy (non-hydrogen) atoms. The zero-order valence-corrected chi connectivity index (χ0v) is 15.9. The molecule has 2 amide bonds. The Morgan fingerprint density at radius 1 is 1.36 bits per heavy atom. The Morgan fingerprint density at radius 2 is 2.20 bits per heavy atom. The summed E-state index contributed by atoms with van der Waals surface area (Å²) in [7, 11) is 0. The molecule has 0 aromatic carbocycles. The Bertz CT molecular complexity index is 753. The van der Waals surface area contributed by atoms with Crippen molar-refractivity contribution >= 4 is 34.5 Å². The highest BCUT2D eigenvalue weighted by atomic mass is 32.1. The van der Waals surface area contributed by atoms with Gasteiger partial charge >= 0.3 is 0 Å². The predicted molar refractivity (Wildman–Crippen MR) is 102 cm³/mol. The van der Waals surface area contributed by atoms with E-state index in [2.05, 4.69) is 23.7 Å². The molecule has 5 nitrogen and oxygen atoms in total. The Balaban J connectivity index is 1.58. The molecular weight excluding hydrogens is 354 g/mol. The van der Waals surface area contributed by atoms with Gasteiger partial charge in [0, 0.05) is 22.8 Å². The van der Waals surface area contributed by atoms with Crippen molar-refractivity contribution in [3.05, 3.63) is 43.8 Å². The summed E-state index contributed by atoms with van der Waals surface area (Å²) in [6.45, 7) is 3.52. The van der Waals surface area contributed by atoms with E-state index in [1.165, 1.54) is 21.8 Å². The number of nitrogens with two attached hydrogens (primary N) is 1. The highest BCUT2D eigenvalue weighted by molar-refractivity contribution is 7.14. The molecule has 0 saturated carbocycles. The van der Waals surface area contributed by atoms with Gasteiger partial charge in [0.2, 0.25) is 5.91 Å². The lowest BCUT2D eigenvalue weighted by molar-refractivity contribution is -0.130. The standard InChI is InChI=1S/C18H23N3O2S2/c1-12-7-10-24-14(12)6-8-20-18(23)16-5-4-15(25-16)13-3-2-9-21(13)17(22)11-19/h4-5,7,10,13H,2-3,6,8-9,11,19H2,1H3,(H,20,23). The van der Waals surface area contributed by atoms with Crippen molar-refractivity contribution in [1.29, 1.82) is 0 Å². The van der Waals surface area contributed by atoms with E-state index >= 15 is 0 Å². The number of aryl methyl sites for hydroxylation is 1. The van der Waals surface area contributed by atoms with E-state index in [0.717, 1.165) is 30.7 Å². The topological polar surface area (TPSA) is 75.4 Å². The molecule has 2 aromatic heterocycles. The van der Waals surface area contributed by atoms with E-state index in [9.17, 15) is 9.59 Å². The van der Waals surface area contributed by atoms with Gasteiger partial charge in [0.05, 0.1) is 17.5 Å². The molecule has 1 unspecified atom stereocenters. The lowest BCUT2D eigenvalue weighted by Crippen LogP contribution is -2.35. The lowest BCUT2D eigenvalue weighted by atomic mass is 10.2. The Hall–Kier alpha value is -1.70. The smallest absolute Gasteiger partial charge is 0.261 e. The minimum Gasteiger partial charge on any atom is -0.351 e. The Morgan fingerprint density at radius 3 is 2.92 bits per heavy atom. The van der Waals surface area contributed by atoms with Gasteiger partial charge in [0.15, 0.2) is 0 Å². The van der Waals surface area contributed by atoms with Crippen LogP contribution in [0.25, 0.3) is 0 Å². The van der Waals surface area contributed by atoms with Gasteiger partial charge in [-0.2, -0.15) is 0 Å². The quantitative estimate of drug-likeness (QED) is 0.813. The summed E-state index contributed by atoms with van der Waals surface area (Å²) >= 11 is 3.20. The molecule has 1 fully saturated rings. The number of carbonyl (C=O) groups excluding carboxylic acids is 2. The molecule has 3 N–H and O–H groups in total. The van der Waals surface area contributed by atoms with E-state index in [1.54, 1.807) is 11.3 Å². The Labute approximate surface area is 155 Å². The number of carbonyl (C=O) groups is 2. The summed E-state index contributed by atoms with van der Waals surface area (Å²) in [5, 5.41) is 5.07. The van der Waals surface area contributed by atoms with Crippen molar-refractivity contribution in [3.63, 3.8) is 0 Å². The number of thiophene rings is 2. The highest BCUT2D eigenvalue weighted by Gasteiger charge is 2.30. The third kappa shape index (κ3) is 4.11. The first kappa shape index (κ1) is 18.1. The minimum absolute atomic E-state index is 0.0202. The molecule has 1 aliphatic heterocycles. The van der Waals surface area contributed by atoms with Gasteiger partial charge < -0.3 is 16.0 Å². The lowest BCUT2D eigenvalue weighted by Gasteiger charge is -2.23. The van der Waals surface area contributed by atoms with E-state index in [0.29, 0.717) is 11.4 Å². The maximum absolute atomic E-state index is 12.4. The number of hydrogen-bond donors (Lipinski definition) is 2. The fourth-order valence-electron chi connectivity index (χ4n) is 3.17. The van der Waals surface area contributed by atoms with Crippen LogP contribution in [0.4, 0.5) is 0 Å². The summed E-state index contributed by atoms with van der Waals surface area (Å²) in [5.74, 6) is -0.0617. The first-order chi connectivity index (χ1) is 12.1. The molecule has 7 heteroatoms. The van der Waals surface area contributed by atoms with E-state index in [1.807, 2.05) is 17.0 Å². The largest absolute Gasteiger partial charge is 0.351 e. The van der Waals surface area contributed by atoms with Crippen LogP contribution in [0, 0.1) is 6.92 Å². The molecule has 1 saturated heterocycles. The average molecular weight is 378 g/mol. The van der Waals surface area contributed by atoms with Crippen LogP contribution in [-0.2, 0) is 11.2 Å². The summed E-state index contributed by atoms with van der Waals surface area (Å²) < 4.78 is 0. The third-order valence-corrected chi connectivity index (χ3v) is 6.80. The second-order valence-electron chi connectivity index (χ2n) is 6.18. The van der Waals surface area contributed by atoms with Crippen molar-refractivity contribution in [2.75, 3.05) is 19.6 Å². The van der Waals surface area contributed by atoms with Gasteiger partial charge in [-0.3, -0.25) is 9.59 Å². The molecule has 3 heterocycles. The molecule has 134 valence electrons. The number of amides is 2. The molecule has 0 spiro atoms. The van der Waals surface area contributed by atoms with Crippen molar-refractivity contribution in [2.45, 2.75) is 32.2 Å². The van der Waals surface area contributed by atoms with Gasteiger partial charge in [-0.1, -0.05) is 0 Å². The monoisotopic (exact) mass is 377 g/mol. The average Bonchev–Trinajstić information content (AvgIpc) is 3.34. The van der Waals surface area contributed by atoms with Crippen LogP contribution >= 0.6 is 22.7 Å². The number of hydrogen-bond acceptors (Lipinski definition) is 5. The van der Waals surface area contributed by atoms with Crippen molar-refractivity contribution < 1.29 is 9.59 Å². The molecule has 3 rings (SSSR count). The number of nitrogens with one attached hydrogen (secondary N) is 1. The summed E-state index contributed by atoms with van der Waals surface area (Å²) in [6, 6.07) is 5.99. The second kappa shape index (κ2) is 8.12. The van der Waals surface area contributed by atoms with Crippen molar-refractivity contribution in [1.82, 2.24) is 10.2 Å². The van der Waals surface area contributed by atoms with Gasteiger partial charge in [-0.15, -0.1) is 22.7 Å². The van der Waals surface area contributed by atoms with Gasteiger partial charge in [-0.05, 0) is 55.3 Å². The maximum atomic E-state index is 12.4. The first-order valence-electron chi connectivity index (χ1n) is 8.50. The van der Waals surface area contributed by atoms with Crippen LogP contribution in [-0.4, -0.2) is 36.3 Å². The molecule has 0 radical (unpaired) electrons. The summed E-state index contributed by atoms with van der Waals surface area (Å²) in [5.41, 5.74) is 6.78. The summed E-state index contributed by atoms with van der Waals surface area (Å²) in [4.78, 5) is 29.2. The SMILES string of the molecule is Cc1ccsc1CCNC(=O)c1ccc(C2CCCN2C(=O)CN)s1. The van der Waals surface area contributed by atoms with Crippen LogP contribution in [0.2, 0.25) is 0 Å². The first-order valence-corrected chi connectivity index (χ1v) is 10.2. The van der Waals surface area contributed by atoms with Crippen LogP contribution in [0.1, 0.15) is 43.9 Å². The summed E-state index contributed by atoms with van der Waals surface area (Å²) in [6.07, 6.45) is 2.77. The van der Waals surface area contributed by atoms with Crippen LogP contribution in [0.3, 0.4) is 0 Å².